The normalized spacial score (nSPS) is 9.73. The molecule has 0 radical (unpaired) electrons. The number of halogens is 1. The minimum absolute atomic E-state index is 0.0967. The van der Waals surface area contributed by atoms with Gasteiger partial charge in [0.15, 0.2) is 5.78 Å². The van der Waals surface area contributed by atoms with E-state index in [2.05, 4.69) is 4.98 Å². The van der Waals surface area contributed by atoms with Crippen LogP contribution in [0.15, 0.2) is 12.3 Å². The second-order valence-electron chi connectivity index (χ2n) is 2.39. The van der Waals surface area contributed by atoms with Gasteiger partial charge < -0.3 is 0 Å². The van der Waals surface area contributed by atoms with Gasteiger partial charge in [-0.05, 0) is 19.9 Å². The molecule has 0 atom stereocenters. The summed E-state index contributed by atoms with van der Waals surface area (Å²) in [7, 11) is 0. The van der Waals surface area contributed by atoms with Gasteiger partial charge in [-0.2, -0.15) is 4.39 Å². The Hall–Kier alpha value is -1.25. The van der Waals surface area contributed by atoms with Crippen LogP contribution >= 0.6 is 0 Å². The van der Waals surface area contributed by atoms with Crippen molar-refractivity contribution in [1.82, 2.24) is 4.98 Å². The van der Waals surface area contributed by atoms with Gasteiger partial charge in [-0.25, -0.2) is 4.98 Å². The van der Waals surface area contributed by atoms with Crippen LogP contribution in [0.3, 0.4) is 0 Å². The van der Waals surface area contributed by atoms with E-state index in [0.29, 0.717) is 11.1 Å². The number of carbonyl (C=O) groups excluding carboxylic acids is 1. The molecule has 1 heterocycles. The first-order valence-electron chi connectivity index (χ1n) is 3.24. The van der Waals surface area contributed by atoms with Gasteiger partial charge in [0, 0.05) is 17.3 Å². The molecular formula is C8H8FNO. The summed E-state index contributed by atoms with van der Waals surface area (Å²) in [5.74, 6) is -0.615. The number of hydrogen-bond acceptors (Lipinski definition) is 2. The predicted molar refractivity (Wildman–Crippen MR) is 38.9 cm³/mol. The van der Waals surface area contributed by atoms with Crippen LogP contribution in [0.5, 0.6) is 0 Å². The molecule has 0 amide bonds. The van der Waals surface area contributed by atoms with E-state index >= 15 is 0 Å². The van der Waals surface area contributed by atoms with Crippen molar-refractivity contribution in [3.05, 3.63) is 29.3 Å². The monoisotopic (exact) mass is 153 g/mol. The Morgan fingerprint density at radius 1 is 1.64 bits per heavy atom. The number of pyridine rings is 1. The number of ketones is 1. The highest BCUT2D eigenvalue weighted by Gasteiger charge is 2.02. The molecule has 11 heavy (non-hydrogen) atoms. The van der Waals surface area contributed by atoms with Crippen molar-refractivity contribution in [2.24, 2.45) is 0 Å². The fourth-order valence-corrected chi connectivity index (χ4v) is 0.751. The zero-order valence-electron chi connectivity index (χ0n) is 6.39. The lowest BCUT2D eigenvalue weighted by molar-refractivity contribution is 0.101. The highest BCUT2D eigenvalue weighted by atomic mass is 19.1. The van der Waals surface area contributed by atoms with Gasteiger partial charge in [-0.3, -0.25) is 4.79 Å². The maximum atomic E-state index is 12.5. The number of Topliss-reactive ketones (excluding diaryl/α,β-unsaturated/α-hetero) is 1. The average Bonchev–Trinajstić information content (AvgIpc) is 1.94. The summed E-state index contributed by atoms with van der Waals surface area (Å²) in [4.78, 5) is 14.2. The maximum Gasteiger partial charge on any atom is 0.215 e. The van der Waals surface area contributed by atoms with Crippen LogP contribution in [-0.4, -0.2) is 10.8 Å². The topological polar surface area (TPSA) is 30.0 Å². The van der Waals surface area contributed by atoms with E-state index in [-0.39, 0.29) is 5.78 Å². The highest BCUT2D eigenvalue weighted by Crippen LogP contribution is 2.05. The van der Waals surface area contributed by atoms with Crippen LogP contribution < -0.4 is 0 Å². The molecule has 0 aliphatic heterocycles. The van der Waals surface area contributed by atoms with E-state index in [1.807, 2.05) is 0 Å². The first-order chi connectivity index (χ1) is 5.11. The first kappa shape index (κ1) is 7.85. The number of hydrogen-bond donors (Lipinski definition) is 0. The molecule has 0 saturated carbocycles. The Bertz CT molecular complexity index is 296. The second-order valence-corrected chi connectivity index (χ2v) is 2.39. The molecule has 3 heteroatoms. The molecule has 0 saturated heterocycles. The molecule has 58 valence electrons. The van der Waals surface area contributed by atoms with Crippen LogP contribution in [0.1, 0.15) is 22.8 Å². The van der Waals surface area contributed by atoms with E-state index in [0.717, 1.165) is 0 Å². The zero-order valence-corrected chi connectivity index (χ0v) is 6.39. The number of rotatable bonds is 1. The third kappa shape index (κ3) is 1.61. The summed E-state index contributed by atoms with van der Waals surface area (Å²) >= 11 is 0. The SMILES string of the molecule is CC(=O)c1cnc(F)c(C)c1. The Kier molecular flexibility index (Phi) is 1.98. The Labute approximate surface area is 64.1 Å². The van der Waals surface area contributed by atoms with Gasteiger partial charge in [-0.1, -0.05) is 0 Å². The van der Waals surface area contributed by atoms with E-state index in [1.165, 1.54) is 19.2 Å². The Balaban J connectivity index is 3.15. The van der Waals surface area contributed by atoms with Crippen molar-refractivity contribution in [1.29, 1.82) is 0 Å². The third-order valence-corrected chi connectivity index (χ3v) is 1.42. The summed E-state index contributed by atoms with van der Waals surface area (Å²) < 4.78 is 12.5. The fraction of sp³-hybridized carbons (Fsp3) is 0.250. The molecule has 0 N–H and O–H groups in total. The number of aromatic nitrogens is 1. The van der Waals surface area contributed by atoms with Gasteiger partial charge in [0.05, 0.1) is 0 Å². The average molecular weight is 153 g/mol. The fourth-order valence-electron chi connectivity index (χ4n) is 0.751. The molecule has 0 aromatic carbocycles. The molecule has 1 aromatic heterocycles. The predicted octanol–water partition coefficient (Wildman–Crippen LogP) is 1.73. The van der Waals surface area contributed by atoms with Crippen molar-refractivity contribution < 1.29 is 9.18 Å². The van der Waals surface area contributed by atoms with Gasteiger partial charge in [0.2, 0.25) is 5.95 Å². The van der Waals surface area contributed by atoms with Crippen molar-refractivity contribution >= 4 is 5.78 Å². The van der Waals surface area contributed by atoms with Crippen molar-refractivity contribution in [3.8, 4) is 0 Å². The van der Waals surface area contributed by atoms with Crippen LogP contribution in [0.25, 0.3) is 0 Å². The van der Waals surface area contributed by atoms with Crippen LogP contribution in [0, 0.1) is 12.9 Å². The summed E-state index contributed by atoms with van der Waals surface area (Å²) in [6.07, 6.45) is 1.24. The lowest BCUT2D eigenvalue weighted by Gasteiger charge is -1.96. The van der Waals surface area contributed by atoms with Crippen molar-refractivity contribution in [3.63, 3.8) is 0 Å². The largest absolute Gasteiger partial charge is 0.294 e. The van der Waals surface area contributed by atoms with Crippen LogP contribution in [0.2, 0.25) is 0 Å². The molecule has 1 aromatic rings. The summed E-state index contributed by atoms with van der Waals surface area (Å²) in [5, 5.41) is 0. The summed E-state index contributed by atoms with van der Waals surface area (Å²) in [5.41, 5.74) is 0.849. The molecule has 0 aliphatic carbocycles. The maximum absolute atomic E-state index is 12.5. The molecule has 0 spiro atoms. The van der Waals surface area contributed by atoms with Crippen LogP contribution in [0.4, 0.5) is 4.39 Å². The van der Waals surface area contributed by atoms with Gasteiger partial charge in [-0.15, -0.1) is 0 Å². The van der Waals surface area contributed by atoms with E-state index in [4.69, 9.17) is 0 Å². The molecule has 0 fully saturated rings. The highest BCUT2D eigenvalue weighted by molar-refractivity contribution is 5.93. The van der Waals surface area contributed by atoms with Crippen molar-refractivity contribution in [2.75, 3.05) is 0 Å². The number of nitrogens with zero attached hydrogens (tertiary/aromatic N) is 1. The first-order valence-corrected chi connectivity index (χ1v) is 3.24. The van der Waals surface area contributed by atoms with Gasteiger partial charge in [0.25, 0.3) is 0 Å². The lowest BCUT2D eigenvalue weighted by Crippen LogP contribution is -1.96. The number of carbonyl (C=O) groups is 1. The molecule has 0 unspecified atom stereocenters. The minimum Gasteiger partial charge on any atom is -0.294 e. The second kappa shape index (κ2) is 2.78. The Morgan fingerprint density at radius 2 is 2.27 bits per heavy atom. The minimum atomic E-state index is -0.519. The van der Waals surface area contributed by atoms with Crippen molar-refractivity contribution in [2.45, 2.75) is 13.8 Å². The lowest BCUT2D eigenvalue weighted by atomic mass is 10.1. The Morgan fingerprint density at radius 3 is 2.73 bits per heavy atom. The summed E-state index contributed by atoms with van der Waals surface area (Å²) in [6.45, 7) is 3.00. The third-order valence-electron chi connectivity index (χ3n) is 1.42. The quantitative estimate of drug-likeness (QED) is 0.454. The molecule has 1 rings (SSSR count). The molecule has 2 nitrogen and oxygen atoms in total. The molecule has 0 aliphatic rings. The summed E-state index contributed by atoms with van der Waals surface area (Å²) in [6, 6.07) is 1.49. The van der Waals surface area contributed by atoms with E-state index in [1.54, 1.807) is 6.92 Å². The zero-order chi connectivity index (χ0) is 8.43. The van der Waals surface area contributed by atoms with Gasteiger partial charge in [0.1, 0.15) is 0 Å². The van der Waals surface area contributed by atoms with Gasteiger partial charge >= 0.3 is 0 Å². The number of aryl methyl sites for hydroxylation is 1. The molecule has 0 bridgehead atoms. The molecular weight excluding hydrogens is 145 g/mol. The van der Waals surface area contributed by atoms with Crippen LogP contribution in [-0.2, 0) is 0 Å². The smallest absolute Gasteiger partial charge is 0.215 e. The standard InChI is InChI=1S/C8H8FNO/c1-5-3-7(6(2)11)4-10-8(5)9/h3-4H,1-2H3. The van der Waals surface area contributed by atoms with E-state index < -0.39 is 5.95 Å². The van der Waals surface area contributed by atoms with E-state index in [9.17, 15) is 9.18 Å².